The quantitative estimate of drug-likeness (QED) is 0.447. The SMILES string of the molecule is CC(=O)Nc1nc2ccc(-c3ccnc(Sc4ccc(Cl)cc4)n3)cc2s1. The maximum atomic E-state index is 11.2. The van der Waals surface area contributed by atoms with Crippen LogP contribution in [-0.2, 0) is 4.79 Å². The molecule has 4 rings (SSSR count). The van der Waals surface area contributed by atoms with Gasteiger partial charge in [-0.25, -0.2) is 15.0 Å². The average molecular weight is 413 g/mol. The highest BCUT2D eigenvalue weighted by Gasteiger charge is 2.09. The number of thiazole rings is 1. The van der Waals surface area contributed by atoms with Crippen LogP contribution in [0.25, 0.3) is 21.5 Å². The third-order valence-corrected chi connectivity index (χ3v) is 5.70. The third kappa shape index (κ3) is 4.27. The summed E-state index contributed by atoms with van der Waals surface area (Å²) in [6.45, 7) is 1.47. The smallest absolute Gasteiger partial charge is 0.223 e. The van der Waals surface area contributed by atoms with Gasteiger partial charge in [0.15, 0.2) is 10.3 Å². The molecule has 0 fully saturated rings. The van der Waals surface area contributed by atoms with Gasteiger partial charge in [-0.1, -0.05) is 29.0 Å². The second-order valence-corrected chi connectivity index (χ2v) is 8.17. The fraction of sp³-hybridized carbons (Fsp3) is 0.0526. The Labute approximate surface area is 168 Å². The van der Waals surface area contributed by atoms with Crippen LogP contribution in [0.3, 0.4) is 0 Å². The molecule has 0 unspecified atom stereocenters. The fourth-order valence-electron chi connectivity index (χ4n) is 2.45. The van der Waals surface area contributed by atoms with Crippen LogP contribution in [0.4, 0.5) is 5.13 Å². The maximum Gasteiger partial charge on any atom is 0.223 e. The van der Waals surface area contributed by atoms with E-state index in [4.69, 9.17) is 11.6 Å². The minimum absolute atomic E-state index is 0.131. The van der Waals surface area contributed by atoms with Crippen molar-refractivity contribution in [3.63, 3.8) is 0 Å². The fourth-order valence-corrected chi connectivity index (χ4v) is 4.26. The zero-order valence-electron chi connectivity index (χ0n) is 14.1. The van der Waals surface area contributed by atoms with Gasteiger partial charge in [-0.3, -0.25) is 4.79 Å². The number of nitrogens with one attached hydrogen (secondary N) is 1. The molecule has 5 nitrogen and oxygen atoms in total. The summed E-state index contributed by atoms with van der Waals surface area (Å²) >= 11 is 8.85. The van der Waals surface area contributed by atoms with E-state index >= 15 is 0 Å². The Balaban J connectivity index is 1.62. The molecule has 8 heteroatoms. The zero-order valence-corrected chi connectivity index (χ0v) is 16.5. The first-order valence-electron chi connectivity index (χ1n) is 8.02. The number of aromatic nitrogens is 3. The van der Waals surface area contributed by atoms with Crippen LogP contribution >= 0.6 is 34.7 Å². The number of amides is 1. The number of hydrogen-bond acceptors (Lipinski definition) is 6. The summed E-state index contributed by atoms with van der Waals surface area (Å²) in [4.78, 5) is 25.6. The van der Waals surface area contributed by atoms with E-state index in [9.17, 15) is 4.79 Å². The lowest BCUT2D eigenvalue weighted by Gasteiger charge is -2.04. The van der Waals surface area contributed by atoms with Gasteiger partial charge >= 0.3 is 0 Å². The van der Waals surface area contributed by atoms with Crippen LogP contribution in [0, 0.1) is 0 Å². The van der Waals surface area contributed by atoms with Crippen molar-refractivity contribution in [2.24, 2.45) is 0 Å². The number of fused-ring (bicyclic) bond motifs is 1. The van der Waals surface area contributed by atoms with Gasteiger partial charge in [0, 0.05) is 28.6 Å². The van der Waals surface area contributed by atoms with E-state index in [1.807, 2.05) is 48.5 Å². The van der Waals surface area contributed by atoms with E-state index in [0.29, 0.717) is 15.3 Å². The molecule has 0 aliphatic rings. The first kappa shape index (κ1) is 17.9. The zero-order chi connectivity index (χ0) is 18.8. The summed E-state index contributed by atoms with van der Waals surface area (Å²) in [5, 5.41) is 4.68. The van der Waals surface area contributed by atoms with Gasteiger partial charge in [0.2, 0.25) is 5.91 Å². The number of halogens is 1. The van der Waals surface area contributed by atoms with E-state index in [1.54, 1.807) is 6.20 Å². The van der Waals surface area contributed by atoms with Gasteiger partial charge in [-0.05, 0) is 54.2 Å². The molecule has 1 amide bonds. The molecule has 0 aliphatic heterocycles. The number of rotatable bonds is 4. The molecule has 4 aromatic rings. The Kier molecular flexibility index (Phi) is 5.07. The summed E-state index contributed by atoms with van der Waals surface area (Å²) in [5.74, 6) is -0.131. The summed E-state index contributed by atoms with van der Waals surface area (Å²) in [6.07, 6.45) is 1.75. The Bertz CT molecular complexity index is 1130. The third-order valence-electron chi connectivity index (χ3n) is 3.62. The summed E-state index contributed by atoms with van der Waals surface area (Å²) < 4.78 is 0.988. The largest absolute Gasteiger partial charge is 0.302 e. The average Bonchev–Trinajstić information content (AvgIpc) is 3.04. The van der Waals surface area contributed by atoms with Crippen LogP contribution in [-0.4, -0.2) is 20.9 Å². The second-order valence-electron chi connectivity index (χ2n) is 5.66. The summed E-state index contributed by atoms with van der Waals surface area (Å²) in [5.41, 5.74) is 2.65. The molecule has 1 N–H and O–H groups in total. The predicted molar refractivity (Wildman–Crippen MR) is 111 cm³/mol. The molecule has 0 radical (unpaired) electrons. The van der Waals surface area contributed by atoms with Crippen molar-refractivity contribution in [2.75, 3.05) is 5.32 Å². The van der Waals surface area contributed by atoms with E-state index in [-0.39, 0.29) is 5.91 Å². The number of carbonyl (C=O) groups excluding carboxylic acids is 1. The number of anilines is 1. The van der Waals surface area contributed by atoms with Crippen molar-refractivity contribution in [3.05, 3.63) is 59.8 Å². The van der Waals surface area contributed by atoms with Crippen molar-refractivity contribution in [1.29, 1.82) is 0 Å². The molecule has 0 atom stereocenters. The molecule has 2 heterocycles. The maximum absolute atomic E-state index is 11.2. The molecule has 0 aliphatic carbocycles. The van der Waals surface area contributed by atoms with Crippen LogP contribution < -0.4 is 5.32 Å². The highest BCUT2D eigenvalue weighted by molar-refractivity contribution is 7.99. The van der Waals surface area contributed by atoms with Gasteiger partial charge in [-0.15, -0.1) is 0 Å². The van der Waals surface area contributed by atoms with Crippen molar-refractivity contribution in [1.82, 2.24) is 15.0 Å². The van der Waals surface area contributed by atoms with E-state index in [1.165, 1.54) is 30.0 Å². The molecule has 27 heavy (non-hydrogen) atoms. The number of hydrogen-bond donors (Lipinski definition) is 1. The first-order valence-corrected chi connectivity index (χ1v) is 10.0. The summed E-state index contributed by atoms with van der Waals surface area (Å²) in [6, 6.07) is 15.4. The molecular formula is C19H13ClN4OS2. The Morgan fingerprint density at radius 2 is 1.93 bits per heavy atom. The Morgan fingerprint density at radius 1 is 1.11 bits per heavy atom. The monoisotopic (exact) mass is 412 g/mol. The van der Waals surface area contributed by atoms with Crippen molar-refractivity contribution < 1.29 is 4.79 Å². The number of benzene rings is 2. The van der Waals surface area contributed by atoms with Gasteiger partial charge in [0.1, 0.15) is 0 Å². The minimum atomic E-state index is -0.131. The van der Waals surface area contributed by atoms with E-state index in [2.05, 4.69) is 20.3 Å². The molecule has 2 aromatic heterocycles. The van der Waals surface area contributed by atoms with Gasteiger partial charge in [0.25, 0.3) is 0 Å². The first-order chi connectivity index (χ1) is 13.1. The Hall–Kier alpha value is -2.48. The molecule has 134 valence electrons. The van der Waals surface area contributed by atoms with Gasteiger partial charge in [-0.2, -0.15) is 0 Å². The second kappa shape index (κ2) is 7.64. The van der Waals surface area contributed by atoms with E-state index < -0.39 is 0 Å². The standard InChI is InChI=1S/C19H13ClN4OS2/c1-11(25)22-19-24-16-7-2-12(10-17(16)27-19)15-8-9-21-18(23-15)26-14-5-3-13(20)4-6-14/h2-10H,1H3,(H,22,24,25). The topological polar surface area (TPSA) is 67.8 Å². The highest BCUT2D eigenvalue weighted by Crippen LogP contribution is 2.31. The van der Waals surface area contributed by atoms with Crippen molar-refractivity contribution in [3.8, 4) is 11.3 Å². The van der Waals surface area contributed by atoms with Crippen molar-refractivity contribution >= 4 is 56.0 Å². The Morgan fingerprint density at radius 3 is 2.70 bits per heavy atom. The molecule has 0 bridgehead atoms. The molecular weight excluding hydrogens is 400 g/mol. The normalized spacial score (nSPS) is 10.9. The van der Waals surface area contributed by atoms with Crippen LogP contribution in [0.15, 0.2) is 64.8 Å². The van der Waals surface area contributed by atoms with Crippen LogP contribution in [0.1, 0.15) is 6.92 Å². The lowest BCUT2D eigenvalue weighted by atomic mass is 10.1. The number of carbonyl (C=O) groups is 1. The molecule has 2 aromatic carbocycles. The lowest BCUT2D eigenvalue weighted by molar-refractivity contribution is -0.114. The van der Waals surface area contributed by atoms with Crippen LogP contribution in [0.2, 0.25) is 5.02 Å². The minimum Gasteiger partial charge on any atom is -0.302 e. The lowest BCUT2D eigenvalue weighted by Crippen LogP contribution is -2.04. The number of nitrogens with zero attached hydrogens (tertiary/aromatic N) is 3. The van der Waals surface area contributed by atoms with Crippen molar-refractivity contribution in [2.45, 2.75) is 17.0 Å². The molecule has 0 saturated carbocycles. The molecule has 0 spiro atoms. The predicted octanol–water partition coefficient (Wildman–Crippen LogP) is 5.52. The molecule has 0 saturated heterocycles. The van der Waals surface area contributed by atoms with Gasteiger partial charge < -0.3 is 5.32 Å². The van der Waals surface area contributed by atoms with E-state index in [0.717, 1.165) is 26.4 Å². The van der Waals surface area contributed by atoms with Gasteiger partial charge in [0.05, 0.1) is 15.9 Å². The van der Waals surface area contributed by atoms with Crippen LogP contribution in [0.5, 0.6) is 0 Å². The highest BCUT2D eigenvalue weighted by atomic mass is 35.5. The summed E-state index contributed by atoms with van der Waals surface area (Å²) in [7, 11) is 0.